The topological polar surface area (TPSA) is 87.2 Å². The van der Waals surface area contributed by atoms with E-state index >= 15 is 0 Å². The summed E-state index contributed by atoms with van der Waals surface area (Å²) in [6.07, 6.45) is 0.644. The van der Waals surface area contributed by atoms with Crippen molar-refractivity contribution in [3.8, 4) is 6.07 Å². The van der Waals surface area contributed by atoms with Gasteiger partial charge in [0.1, 0.15) is 0 Å². The van der Waals surface area contributed by atoms with Gasteiger partial charge in [0, 0.05) is 6.54 Å². The summed E-state index contributed by atoms with van der Waals surface area (Å²) in [4.78, 5) is 0. The zero-order valence-corrected chi connectivity index (χ0v) is 9.37. The van der Waals surface area contributed by atoms with E-state index in [9.17, 15) is 8.42 Å². The fraction of sp³-hybridized carbons (Fsp3) is 0.300. The van der Waals surface area contributed by atoms with Crippen LogP contribution in [0.1, 0.15) is 5.56 Å². The van der Waals surface area contributed by atoms with Crippen LogP contribution in [-0.2, 0) is 16.4 Å². The summed E-state index contributed by atoms with van der Waals surface area (Å²) in [7, 11) is -3.55. The van der Waals surface area contributed by atoms with Crippen molar-refractivity contribution in [1.82, 2.24) is 0 Å². The Labute approximate surface area is 94.1 Å². The Morgan fingerprint density at radius 1 is 1.50 bits per heavy atom. The molecule has 0 radical (unpaired) electrons. The molecule has 6 heteroatoms. The molecule has 0 aromatic heterocycles. The first-order valence-corrected chi connectivity index (χ1v) is 6.42. The van der Waals surface area contributed by atoms with E-state index in [2.05, 4.69) is 0 Å². The van der Waals surface area contributed by atoms with Crippen LogP contribution in [0.25, 0.3) is 0 Å². The molecule has 0 bridgehead atoms. The number of benzene rings is 1. The van der Waals surface area contributed by atoms with Crippen LogP contribution in [0.3, 0.4) is 0 Å². The van der Waals surface area contributed by atoms with Crippen molar-refractivity contribution < 1.29 is 8.42 Å². The lowest BCUT2D eigenvalue weighted by atomic mass is 10.1. The lowest BCUT2D eigenvalue weighted by Crippen LogP contribution is -2.31. The summed E-state index contributed by atoms with van der Waals surface area (Å²) in [5, 5.41) is 8.49. The van der Waals surface area contributed by atoms with Crippen LogP contribution >= 0.6 is 0 Å². The molecule has 0 amide bonds. The molecule has 2 N–H and O–H groups in total. The van der Waals surface area contributed by atoms with Gasteiger partial charge in [-0.3, -0.25) is 4.31 Å². The fourth-order valence-corrected chi connectivity index (χ4v) is 3.08. The van der Waals surface area contributed by atoms with Crippen molar-refractivity contribution in [2.24, 2.45) is 0 Å². The lowest BCUT2D eigenvalue weighted by molar-refractivity contribution is 0.595. The van der Waals surface area contributed by atoms with Crippen molar-refractivity contribution in [1.29, 1.82) is 5.26 Å². The first-order valence-electron chi connectivity index (χ1n) is 4.81. The molecular weight excluding hydrogens is 226 g/mol. The standard InChI is InChI=1S/C10H11N3O2S/c11-5-7-16(14,15)13-6-4-8-2-1-3-9(12)10(8)13/h1-3H,4,6-7,12H2. The second-order valence-electron chi connectivity index (χ2n) is 3.59. The molecule has 16 heavy (non-hydrogen) atoms. The first kappa shape index (κ1) is 10.8. The number of anilines is 2. The molecule has 0 saturated carbocycles. The zero-order chi connectivity index (χ0) is 11.8. The average molecular weight is 237 g/mol. The van der Waals surface area contributed by atoms with Gasteiger partial charge in [-0.2, -0.15) is 5.26 Å². The highest BCUT2D eigenvalue weighted by Gasteiger charge is 2.30. The second kappa shape index (κ2) is 3.68. The zero-order valence-electron chi connectivity index (χ0n) is 8.55. The minimum Gasteiger partial charge on any atom is -0.397 e. The monoisotopic (exact) mass is 237 g/mol. The molecule has 1 aliphatic rings. The number of fused-ring (bicyclic) bond motifs is 1. The van der Waals surface area contributed by atoms with Gasteiger partial charge >= 0.3 is 0 Å². The molecule has 0 atom stereocenters. The highest BCUT2D eigenvalue weighted by molar-refractivity contribution is 7.93. The molecule has 2 rings (SSSR count). The maximum Gasteiger partial charge on any atom is 0.248 e. The van der Waals surface area contributed by atoms with Gasteiger partial charge in [-0.25, -0.2) is 8.42 Å². The van der Waals surface area contributed by atoms with Crippen molar-refractivity contribution in [3.63, 3.8) is 0 Å². The van der Waals surface area contributed by atoms with Gasteiger partial charge in [0.25, 0.3) is 0 Å². The largest absolute Gasteiger partial charge is 0.397 e. The number of para-hydroxylation sites is 1. The highest BCUT2D eigenvalue weighted by Crippen LogP contribution is 2.35. The van der Waals surface area contributed by atoms with E-state index in [1.54, 1.807) is 18.2 Å². The Morgan fingerprint density at radius 3 is 2.94 bits per heavy atom. The lowest BCUT2D eigenvalue weighted by Gasteiger charge is -2.18. The van der Waals surface area contributed by atoms with Gasteiger partial charge in [-0.1, -0.05) is 12.1 Å². The van der Waals surface area contributed by atoms with Gasteiger partial charge in [0.05, 0.1) is 17.4 Å². The molecule has 1 aliphatic heterocycles. The van der Waals surface area contributed by atoms with Crippen LogP contribution in [0.4, 0.5) is 11.4 Å². The summed E-state index contributed by atoms with van der Waals surface area (Å²) in [6.45, 7) is 0.369. The summed E-state index contributed by atoms with van der Waals surface area (Å²) < 4.78 is 24.8. The Kier molecular flexibility index (Phi) is 2.48. The molecule has 0 fully saturated rings. The van der Waals surface area contributed by atoms with Gasteiger partial charge < -0.3 is 5.73 Å². The van der Waals surface area contributed by atoms with Crippen LogP contribution in [0.15, 0.2) is 18.2 Å². The van der Waals surface area contributed by atoms with Gasteiger partial charge in [0.15, 0.2) is 5.75 Å². The number of nitriles is 1. The summed E-state index contributed by atoms with van der Waals surface area (Å²) >= 11 is 0. The van der Waals surface area contributed by atoms with Gasteiger partial charge in [-0.05, 0) is 18.1 Å². The third kappa shape index (κ3) is 1.59. The van der Waals surface area contributed by atoms with Crippen molar-refractivity contribution in [2.45, 2.75) is 6.42 Å². The summed E-state index contributed by atoms with van der Waals surface area (Å²) in [6, 6.07) is 6.99. The predicted octanol–water partition coefficient (Wildman–Crippen LogP) is 0.485. The SMILES string of the molecule is N#CCS(=O)(=O)N1CCc2cccc(N)c21. The number of hydrogen-bond acceptors (Lipinski definition) is 4. The molecule has 84 valence electrons. The van der Waals surface area contributed by atoms with Crippen molar-refractivity contribution in [3.05, 3.63) is 23.8 Å². The number of rotatable bonds is 2. The maximum absolute atomic E-state index is 11.8. The van der Waals surface area contributed by atoms with Crippen LogP contribution in [0, 0.1) is 11.3 Å². The molecule has 0 unspecified atom stereocenters. The minimum absolute atomic E-state index is 0.369. The number of nitrogen functional groups attached to an aromatic ring is 1. The van der Waals surface area contributed by atoms with Crippen molar-refractivity contribution >= 4 is 21.4 Å². The number of nitrogens with zero attached hydrogens (tertiary/aromatic N) is 2. The quantitative estimate of drug-likeness (QED) is 0.758. The van der Waals surface area contributed by atoms with Gasteiger partial charge in [0.2, 0.25) is 10.0 Å². The molecule has 1 aromatic carbocycles. The van der Waals surface area contributed by atoms with E-state index < -0.39 is 15.8 Å². The molecule has 1 aromatic rings. The maximum atomic E-state index is 11.8. The first-order chi connectivity index (χ1) is 7.56. The average Bonchev–Trinajstić information content (AvgIpc) is 2.63. The Bertz CT molecular complexity index is 560. The molecule has 0 spiro atoms. The molecule has 1 heterocycles. The Balaban J connectivity index is 2.49. The van der Waals surface area contributed by atoms with E-state index in [1.807, 2.05) is 6.07 Å². The normalized spacial score (nSPS) is 14.6. The van der Waals surface area contributed by atoms with Crippen molar-refractivity contribution in [2.75, 3.05) is 22.3 Å². The second-order valence-corrected chi connectivity index (χ2v) is 5.48. The summed E-state index contributed by atoms with van der Waals surface area (Å²) in [5.74, 6) is -0.513. The van der Waals surface area contributed by atoms with E-state index in [0.717, 1.165) is 5.56 Å². The summed E-state index contributed by atoms with van der Waals surface area (Å²) in [5.41, 5.74) is 7.66. The third-order valence-corrected chi connectivity index (χ3v) is 4.10. The molecule has 0 saturated heterocycles. The van der Waals surface area contributed by atoms with E-state index in [0.29, 0.717) is 24.3 Å². The number of hydrogen-bond donors (Lipinski definition) is 1. The predicted molar refractivity (Wildman–Crippen MR) is 61.3 cm³/mol. The minimum atomic E-state index is -3.55. The number of nitrogens with two attached hydrogens (primary N) is 1. The Hall–Kier alpha value is -1.74. The van der Waals surface area contributed by atoms with E-state index in [-0.39, 0.29) is 0 Å². The van der Waals surface area contributed by atoms with Crippen LogP contribution < -0.4 is 10.0 Å². The molecule has 0 aliphatic carbocycles. The number of sulfonamides is 1. The van der Waals surface area contributed by atoms with Gasteiger partial charge in [-0.15, -0.1) is 0 Å². The highest BCUT2D eigenvalue weighted by atomic mass is 32.2. The van der Waals surface area contributed by atoms with Crippen LogP contribution in [-0.4, -0.2) is 20.7 Å². The molecular formula is C10H11N3O2S. The van der Waals surface area contributed by atoms with E-state index in [1.165, 1.54) is 4.31 Å². The van der Waals surface area contributed by atoms with Crippen LogP contribution in [0.2, 0.25) is 0 Å². The van der Waals surface area contributed by atoms with E-state index in [4.69, 9.17) is 11.0 Å². The smallest absolute Gasteiger partial charge is 0.248 e. The Morgan fingerprint density at radius 2 is 2.25 bits per heavy atom. The molecule has 5 nitrogen and oxygen atoms in total. The third-order valence-electron chi connectivity index (χ3n) is 2.57. The van der Waals surface area contributed by atoms with Crippen LogP contribution in [0.5, 0.6) is 0 Å². The fourth-order valence-electron chi connectivity index (χ4n) is 1.89.